The third-order valence-electron chi connectivity index (χ3n) is 3.39. The normalized spacial score (nSPS) is 10.2. The van der Waals surface area contributed by atoms with Gasteiger partial charge in [-0.05, 0) is 29.7 Å². The molecule has 0 aliphatic rings. The maximum atomic E-state index is 12.0. The zero-order valence-corrected chi connectivity index (χ0v) is 13.7. The van der Waals surface area contributed by atoms with Gasteiger partial charge in [-0.15, -0.1) is 0 Å². The standard InChI is InChI=1S/C18H19ClN2O2/c1-21(13-15-6-3-2-4-7-15)18(23)17(22)20-11-10-14-8-5-9-16(19)12-14/h2-9,12H,10-11,13H2,1H3,(H,20,22). The summed E-state index contributed by atoms with van der Waals surface area (Å²) in [6, 6.07) is 17.0. The van der Waals surface area contributed by atoms with Gasteiger partial charge in [0, 0.05) is 25.2 Å². The van der Waals surface area contributed by atoms with Gasteiger partial charge < -0.3 is 10.2 Å². The lowest BCUT2D eigenvalue weighted by atomic mass is 10.1. The minimum atomic E-state index is -0.592. The summed E-state index contributed by atoms with van der Waals surface area (Å²) in [6.07, 6.45) is 0.627. The summed E-state index contributed by atoms with van der Waals surface area (Å²) in [6.45, 7) is 0.797. The molecule has 1 N–H and O–H groups in total. The average molecular weight is 331 g/mol. The lowest BCUT2D eigenvalue weighted by molar-refractivity contribution is -0.145. The lowest BCUT2D eigenvalue weighted by Crippen LogP contribution is -2.41. The second kappa shape index (κ2) is 8.34. The van der Waals surface area contributed by atoms with Gasteiger partial charge in [0.2, 0.25) is 0 Å². The number of carbonyl (C=O) groups is 2. The fourth-order valence-electron chi connectivity index (χ4n) is 2.19. The van der Waals surface area contributed by atoms with Gasteiger partial charge in [0.25, 0.3) is 0 Å². The molecule has 23 heavy (non-hydrogen) atoms. The molecule has 2 aromatic rings. The van der Waals surface area contributed by atoms with Crippen LogP contribution < -0.4 is 5.32 Å². The van der Waals surface area contributed by atoms with Crippen molar-refractivity contribution in [1.82, 2.24) is 10.2 Å². The van der Waals surface area contributed by atoms with Gasteiger partial charge in [-0.25, -0.2) is 0 Å². The predicted molar refractivity (Wildman–Crippen MR) is 91.1 cm³/mol. The average Bonchev–Trinajstić information content (AvgIpc) is 2.55. The summed E-state index contributed by atoms with van der Waals surface area (Å²) >= 11 is 5.91. The molecule has 5 heteroatoms. The first kappa shape index (κ1) is 17.0. The van der Waals surface area contributed by atoms with E-state index in [1.54, 1.807) is 13.1 Å². The van der Waals surface area contributed by atoms with Crippen molar-refractivity contribution in [1.29, 1.82) is 0 Å². The fourth-order valence-corrected chi connectivity index (χ4v) is 2.40. The first-order valence-corrected chi connectivity index (χ1v) is 7.75. The van der Waals surface area contributed by atoms with E-state index in [-0.39, 0.29) is 0 Å². The molecule has 0 aliphatic carbocycles. The largest absolute Gasteiger partial charge is 0.347 e. The van der Waals surface area contributed by atoms with Crippen molar-refractivity contribution in [3.8, 4) is 0 Å². The molecule has 0 saturated carbocycles. The number of hydrogen-bond donors (Lipinski definition) is 1. The minimum absolute atomic E-state index is 0.393. The smallest absolute Gasteiger partial charge is 0.311 e. The van der Waals surface area contributed by atoms with Gasteiger partial charge in [0.1, 0.15) is 0 Å². The van der Waals surface area contributed by atoms with E-state index >= 15 is 0 Å². The Morgan fingerprint density at radius 2 is 1.74 bits per heavy atom. The maximum absolute atomic E-state index is 12.0. The van der Waals surface area contributed by atoms with Crippen molar-refractivity contribution in [2.45, 2.75) is 13.0 Å². The molecule has 4 nitrogen and oxygen atoms in total. The van der Waals surface area contributed by atoms with Gasteiger partial charge in [-0.2, -0.15) is 0 Å². The molecule has 0 fully saturated rings. The molecule has 2 amide bonds. The van der Waals surface area contributed by atoms with Crippen LogP contribution >= 0.6 is 11.6 Å². The number of likely N-dealkylation sites (N-methyl/N-ethyl adjacent to an activating group) is 1. The first-order chi connectivity index (χ1) is 11.1. The molecule has 2 aromatic carbocycles. The quantitative estimate of drug-likeness (QED) is 0.857. The van der Waals surface area contributed by atoms with Crippen LogP contribution in [0.1, 0.15) is 11.1 Å². The lowest BCUT2D eigenvalue weighted by Gasteiger charge is -2.16. The Kier molecular flexibility index (Phi) is 6.18. The second-order valence-electron chi connectivity index (χ2n) is 5.28. The number of hydrogen-bond acceptors (Lipinski definition) is 2. The molecule has 0 saturated heterocycles. The van der Waals surface area contributed by atoms with E-state index < -0.39 is 11.8 Å². The topological polar surface area (TPSA) is 49.4 Å². The number of nitrogens with one attached hydrogen (secondary N) is 1. The Morgan fingerprint density at radius 1 is 1.04 bits per heavy atom. The van der Waals surface area contributed by atoms with Crippen molar-refractivity contribution in [3.05, 3.63) is 70.7 Å². The van der Waals surface area contributed by atoms with Crippen molar-refractivity contribution in [3.63, 3.8) is 0 Å². The number of amides is 2. The Labute approximate surface area is 141 Å². The van der Waals surface area contributed by atoms with Crippen LogP contribution in [-0.4, -0.2) is 30.3 Å². The number of benzene rings is 2. The molecule has 0 radical (unpaired) electrons. The highest BCUT2D eigenvalue weighted by atomic mass is 35.5. The predicted octanol–water partition coefficient (Wildman–Crippen LogP) is 2.66. The number of nitrogens with zero attached hydrogens (tertiary/aromatic N) is 1. The summed E-state index contributed by atoms with van der Waals surface area (Å²) in [7, 11) is 1.62. The Hall–Kier alpha value is -2.33. The molecule has 0 spiro atoms. The van der Waals surface area contributed by atoms with Crippen molar-refractivity contribution in [2.75, 3.05) is 13.6 Å². The van der Waals surface area contributed by atoms with Crippen LogP contribution in [0.2, 0.25) is 5.02 Å². The van der Waals surface area contributed by atoms with Gasteiger partial charge in [0.15, 0.2) is 0 Å². The zero-order chi connectivity index (χ0) is 16.7. The van der Waals surface area contributed by atoms with Gasteiger partial charge in [-0.1, -0.05) is 54.1 Å². The fraction of sp³-hybridized carbons (Fsp3) is 0.222. The van der Waals surface area contributed by atoms with E-state index in [1.807, 2.05) is 48.5 Å². The summed E-state index contributed by atoms with van der Waals surface area (Å²) in [5, 5.41) is 3.30. The molecule has 0 heterocycles. The summed E-state index contributed by atoms with van der Waals surface area (Å²) in [4.78, 5) is 25.3. The van der Waals surface area contributed by atoms with Crippen LogP contribution in [0.5, 0.6) is 0 Å². The van der Waals surface area contributed by atoms with Crippen LogP contribution in [0.25, 0.3) is 0 Å². The summed E-state index contributed by atoms with van der Waals surface area (Å²) in [5.41, 5.74) is 2.00. The SMILES string of the molecule is CN(Cc1ccccc1)C(=O)C(=O)NCCc1cccc(Cl)c1. The molecular weight excluding hydrogens is 312 g/mol. The van der Waals surface area contributed by atoms with Crippen molar-refractivity contribution >= 4 is 23.4 Å². The van der Waals surface area contributed by atoms with E-state index in [0.29, 0.717) is 24.5 Å². The van der Waals surface area contributed by atoms with Gasteiger partial charge in [0.05, 0.1) is 0 Å². The number of halogens is 1. The van der Waals surface area contributed by atoms with E-state index in [0.717, 1.165) is 11.1 Å². The van der Waals surface area contributed by atoms with Crippen molar-refractivity contribution in [2.24, 2.45) is 0 Å². The molecule has 0 bridgehead atoms. The van der Waals surface area contributed by atoms with Crippen LogP contribution in [0.4, 0.5) is 0 Å². The van der Waals surface area contributed by atoms with Crippen LogP contribution in [-0.2, 0) is 22.6 Å². The molecule has 0 aliphatic heterocycles. The summed E-state index contributed by atoms with van der Waals surface area (Å²) in [5.74, 6) is -1.13. The Bertz CT molecular complexity index is 674. The third-order valence-corrected chi connectivity index (χ3v) is 3.63. The Balaban J connectivity index is 1.79. The Morgan fingerprint density at radius 3 is 2.43 bits per heavy atom. The monoisotopic (exact) mass is 330 g/mol. The number of carbonyl (C=O) groups excluding carboxylic acids is 2. The van der Waals surface area contributed by atoms with E-state index in [4.69, 9.17) is 11.6 Å². The molecule has 0 unspecified atom stereocenters. The van der Waals surface area contributed by atoms with Crippen LogP contribution in [0, 0.1) is 0 Å². The van der Waals surface area contributed by atoms with Crippen LogP contribution in [0.3, 0.4) is 0 Å². The van der Waals surface area contributed by atoms with Gasteiger partial charge >= 0.3 is 11.8 Å². The third kappa shape index (κ3) is 5.42. The second-order valence-corrected chi connectivity index (χ2v) is 5.72. The van der Waals surface area contributed by atoms with E-state index in [1.165, 1.54) is 4.90 Å². The first-order valence-electron chi connectivity index (χ1n) is 7.38. The van der Waals surface area contributed by atoms with E-state index in [9.17, 15) is 9.59 Å². The van der Waals surface area contributed by atoms with E-state index in [2.05, 4.69) is 5.32 Å². The summed E-state index contributed by atoms with van der Waals surface area (Å²) < 4.78 is 0. The van der Waals surface area contributed by atoms with Crippen molar-refractivity contribution < 1.29 is 9.59 Å². The number of rotatable bonds is 5. The molecular formula is C18H19ClN2O2. The minimum Gasteiger partial charge on any atom is -0.347 e. The maximum Gasteiger partial charge on any atom is 0.311 e. The zero-order valence-electron chi connectivity index (χ0n) is 13.0. The highest BCUT2D eigenvalue weighted by molar-refractivity contribution is 6.34. The highest BCUT2D eigenvalue weighted by Gasteiger charge is 2.18. The molecule has 0 aromatic heterocycles. The molecule has 120 valence electrons. The van der Waals surface area contributed by atoms with Crippen LogP contribution in [0.15, 0.2) is 54.6 Å². The van der Waals surface area contributed by atoms with Gasteiger partial charge in [-0.3, -0.25) is 9.59 Å². The molecule has 2 rings (SSSR count). The molecule has 0 atom stereocenters. The highest BCUT2D eigenvalue weighted by Crippen LogP contribution is 2.10.